The van der Waals surface area contributed by atoms with E-state index >= 15 is 0 Å². The van der Waals surface area contributed by atoms with Gasteiger partial charge < -0.3 is 4.79 Å². The summed E-state index contributed by atoms with van der Waals surface area (Å²) in [6.07, 6.45) is 1.32. The molecular formula is C11H12N4O. The molecule has 0 unspecified atom stereocenters. The summed E-state index contributed by atoms with van der Waals surface area (Å²) in [4.78, 5) is 10.9. The van der Waals surface area contributed by atoms with Crippen molar-refractivity contribution in [3.8, 4) is 11.4 Å². The molecule has 1 aromatic carbocycles. The molecule has 5 heteroatoms. The fourth-order valence-electron chi connectivity index (χ4n) is 1.47. The Morgan fingerprint density at radius 2 is 2.31 bits per heavy atom. The van der Waals surface area contributed by atoms with E-state index in [1.165, 1.54) is 0 Å². The van der Waals surface area contributed by atoms with Crippen molar-refractivity contribution >= 4 is 5.78 Å². The first kappa shape index (κ1) is 10.5. The van der Waals surface area contributed by atoms with Crippen LogP contribution in [-0.2, 0) is 11.2 Å². The van der Waals surface area contributed by atoms with Crippen molar-refractivity contribution in [3.05, 3.63) is 29.8 Å². The fraction of sp³-hybridized carbons (Fsp3) is 0.273. The number of carbonyl (C=O) groups excluding carboxylic acids is 1. The molecule has 0 atom stereocenters. The van der Waals surface area contributed by atoms with E-state index in [-0.39, 0.29) is 5.78 Å². The molecule has 0 fully saturated rings. The lowest BCUT2D eigenvalue weighted by Gasteiger charge is -2.00. The van der Waals surface area contributed by atoms with Gasteiger partial charge in [-0.1, -0.05) is 18.2 Å². The zero-order chi connectivity index (χ0) is 11.4. The third-order valence-corrected chi connectivity index (χ3v) is 2.30. The highest BCUT2D eigenvalue weighted by Gasteiger charge is 2.03. The molecule has 0 aliphatic heterocycles. The van der Waals surface area contributed by atoms with Crippen molar-refractivity contribution in [2.24, 2.45) is 0 Å². The number of carbonyl (C=O) groups is 1. The Labute approximate surface area is 92.9 Å². The van der Waals surface area contributed by atoms with Gasteiger partial charge in [-0.15, -0.1) is 10.2 Å². The Hall–Kier alpha value is -2.04. The molecule has 16 heavy (non-hydrogen) atoms. The summed E-state index contributed by atoms with van der Waals surface area (Å²) in [6.45, 7) is 1.60. The molecule has 1 N–H and O–H groups in total. The number of ketones is 1. The van der Waals surface area contributed by atoms with Gasteiger partial charge >= 0.3 is 0 Å². The molecule has 0 saturated carbocycles. The smallest absolute Gasteiger partial charge is 0.204 e. The highest BCUT2D eigenvalue weighted by molar-refractivity contribution is 5.75. The van der Waals surface area contributed by atoms with Crippen LogP contribution in [0.2, 0.25) is 0 Å². The number of rotatable bonds is 4. The van der Waals surface area contributed by atoms with Gasteiger partial charge in [0.05, 0.1) is 0 Å². The molecule has 0 aliphatic carbocycles. The van der Waals surface area contributed by atoms with Crippen LogP contribution in [0, 0.1) is 0 Å². The first-order chi connectivity index (χ1) is 7.75. The average Bonchev–Trinajstić information content (AvgIpc) is 2.80. The number of Topliss-reactive ketones (excluding diaryl/α,β-unsaturated/α-hetero) is 1. The van der Waals surface area contributed by atoms with Crippen molar-refractivity contribution in [3.63, 3.8) is 0 Å². The number of nitrogens with zero attached hydrogens (tertiary/aromatic N) is 3. The fourth-order valence-corrected chi connectivity index (χ4v) is 1.47. The van der Waals surface area contributed by atoms with E-state index < -0.39 is 0 Å². The number of tetrazole rings is 1. The second kappa shape index (κ2) is 4.65. The first-order valence-electron chi connectivity index (χ1n) is 5.08. The third kappa shape index (κ3) is 2.50. The number of H-pyrrole nitrogens is 1. The largest absolute Gasteiger partial charge is 0.300 e. The predicted octanol–water partition coefficient (Wildman–Crippen LogP) is 1.39. The van der Waals surface area contributed by atoms with Crippen molar-refractivity contribution in [1.82, 2.24) is 20.6 Å². The SMILES string of the molecule is CC(=O)CCc1cccc(-c2nn[nH]n2)c1. The molecule has 82 valence electrons. The molecule has 0 bridgehead atoms. The summed E-state index contributed by atoms with van der Waals surface area (Å²) < 4.78 is 0. The lowest BCUT2D eigenvalue weighted by atomic mass is 10.1. The van der Waals surface area contributed by atoms with E-state index in [9.17, 15) is 4.79 Å². The highest BCUT2D eigenvalue weighted by Crippen LogP contribution is 2.15. The normalized spacial score (nSPS) is 10.3. The predicted molar refractivity (Wildman–Crippen MR) is 58.6 cm³/mol. The van der Waals surface area contributed by atoms with Gasteiger partial charge in [0.15, 0.2) is 0 Å². The zero-order valence-corrected chi connectivity index (χ0v) is 8.97. The molecule has 0 amide bonds. The number of aromatic amines is 1. The molecule has 5 nitrogen and oxygen atoms in total. The summed E-state index contributed by atoms with van der Waals surface area (Å²) >= 11 is 0. The quantitative estimate of drug-likeness (QED) is 0.838. The summed E-state index contributed by atoms with van der Waals surface area (Å²) in [5.41, 5.74) is 2.02. The standard InChI is InChI=1S/C11H12N4O/c1-8(16)5-6-9-3-2-4-10(7-9)11-12-14-15-13-11/h2-4,7H,5-6H2,1H3,(H,12,13,14,15). The Kier molecular flexibility index (Phi) is 3.05. The molecule has 2 rings (SSSR count). The van der Waals surface area contributed by atoms with Gasteiger partial charge in [0.2, 0.25) is 5.82 Å². The Morgan fingerprint density at radius 1 is 1.44 bits per heavy atom. The second-order valence-corrected chi connectivity index (χ2v) is 3.64. The van der Waals surface area contributed by atoms with Gasteiger partial charge in [-0.2, -0.15) is 5.21 Å². The minimum Gasteiger partial charge on any atom is -0.300 e. The number of benzene rings is 1. The molecule has 0 radical (unpaired) electrons. The first-order valence-corrected chi connectivity index (χ1v) is 5.08. The van der Waals surface area contributed by atoms with Crippen LogP contribution >= 0.6 is 0 Å². The molecule has 0 saturated heterocycles. The lowest BCUT2D eigenvalue weighted by molar-refractivity contribution is -0.116. The number of aryl methyl sites for hydroxylation is 1. The summed E-state index contributed by atoms with van der Waals surface area (Å²) in [5.74, 6) is 0.773. The number of nitrogens with one attached hydrogen (secondary N) is 1. The minimum absolute atomic E-state index is 0.199. The van der Waals surface area contributed by atoms with E-state index in [0.29, 0.717) is 12.2 Å². The topological polar surface area (TPSA) is 71.5 Å². The van der Waals surface area contributed by atoms with Gasteiger partial charge in [0, 0.05) is 12.0 Å². The molecule has 2 aromatic rings. The van der Waals surface area contributed by atoms with Gasteiger partial charge in [0.1, 0.15) is 5.78 Å². The zero-order valence-electron chi connectivity index (χ0n) is 8.97. The van der Waals surface area contributed by atoms with Crippen LogP contribution in [-0.4, -0.2) is 26.4 Å². The van der Waals surface area contributed by atoms with Gasteiger partial charge in [-0.05, 0) is 30.2 Å². The van der Waals surface area contributed by atoms with Crippen LogP contribution < -0.4 is 0 Å². The Balaban J connectivity index is 2.17. The Bertz CT molecular complexity index is 478. The highest BCUT2D eigenvalue weighted by atomic mass is 16.1. The maximum absolute atomic E-state index is 10.9. The van der Waals surface area contributed by atoms with Crippen LogP contribution in [0.15, 0.2) is 24.3 Å². The maximum atomic E-state index is 10.9. The molecule has 0 spiro atoms. The molecular weight excluding hydrogens is 204 g/mol. The van der Waals surface area contributed by atoms with E-state index in [2.05, 4.69) is 20.6 Å². The average molecular weight is 216 g/mol. The van der Waals surface area contributed by atoms with Crippen molar-refractivity contribution in [2.45, 2.75) is 19.8 Å². The van der Waals surface area contributed by atoms with Crippen LogP contribution in [0.1, 0.15) is 18.9 Å². The Morgan fingerprint density at radius 3 is 3.00 bits per heavy atom. The second-order valence-electron chi connectivity index (χ2n) is 3.64. The number of hydrogen-bond acceptors (Lipinski definition) is 4. The summed E-state index contributed by atoms with van der Waals surface area (Å²) in [7, 11) is 0. The van der Waals surface area contributed by atoms with Crippen LogP contribution in [0.4, 0.5) is 0 Å². The van der Waals surface area contributed by atoms with E-state index in [1.807, 2.05) is 24.3 Å². The number of aromatic nitrogens is 4. The molecule has 1 aromatic heterocycles. The third-order valence-electron chi connectivity index (χ3n) is 2.30. The van der Waals surface area contributed by atoms with E-state index in [0.717, 1.165) is 17.5 Å². The minimum atomic E-state index is 0.199. The van der Waals surface area contributed by atoms with Gasteiger partial charge in [0.25, 0.3) is 0 Å². The van der Waals surface area contributed by atoms with Crippen molar-refractivity contribution in [2.75, 3.05) is 0 Å². The maximum Gasteiger partial charge on any atom is 0.204 e. The van der Waals surface area contributed by atoms with Crippen molar-refractivity contribution < 1.29 is 4.79 Å². The van der Waals surface area contributed by atoms with E-state index in [1.54, 1.807) is 6.92 Å². The molecule has 1 heterocycles. The van der Waals surface area contributed by atoms with Gasteiger partial charge in [-0.25, -0.2) is 0 Å². The van der Waals surface area contributed by atoms with Gasteiger partial charge in [-0.3, -0.25) is 0 Å². The van der Waals surface area contributed by atoms with E-state index in [4.69, 9.17) is 0 Å². The summed E-state index contributed by atoms with van der Waals surface area (Å²) in [6, 6.07) is 7.82. The van der Waals surface area contributed by atoms with Crippen molar-refractivity contribution in [1.29, 1.82) is 0 Å². The molecule has 0 aliphatic rings. The van der Waals surface area contributed by atoms with Crippen LogP contribution in [0.5, 0.6) is 0 Å². The number of hydrogen-bond donors (Lipinski definition) is 1. The van der Waals surface area contributed by atoms with Crippen LogP contribution in [0.25, 0.3) is 11.4 Å². The van der Waals surface area contributed by atoms with Crippen LogP contribution in [0.3, 0.4) is 0 Å². The summed E-state index contributed by atoms with van der Waals surface area (Å²) in [5, 5.41) is 13.7. The monoisotopic (exact) mass is 216 g/mol. The lowest BCUT2D eigenvalue weighted by Crippen LogP contribution is -1.94.